The highest BCUT2D eigenvalue weighted by Gasteiger charge is 2.58. The van der Waals surface area contributed by atoms with E-state index >= 15 is 0 Å². The van der Waals surface area contributed by atoms with Crippen LogP contribution in [-0.4, -0.2) is 112 Å². The van der Waals surface area contributed by atoms with E-state index in [1.807, 2.05) is 334 Å². The minimum Gasteiger partial charge on any atom is -0.374 e. The average Bonchev–Trinajstić information content (AvgIpc) is 0.761. The van der Waals surface area contributed by atoms with Crippen molar-refractivity contribution in [1.29, 1.82) is 0 Å². The van der Waals surface area contributed by atoms with Gasteiger partial charge in [-0.15, -0.1) is 0 Å². The average molecular weight is 1500 g/mol. The molecule has 3 saturated heterocycles. The van der Waals surface area contributed by atoms with Crippen molar-refractivity contribution in [2.24, 2.45) is 0 Å². The van der Waals surface area contributed by atoms with Crippen LogP contribution in [0.5, 0.6) is 0 Å². The minimum atomic E-state index is -1.32. The second kappa shape index (κ2) is 42.4. The van der Waals surface area contributed by atoms with Gasteiger partial charge in [0.2, 0.25) is 0 Å². The molecule has 16 nitrogen and oxygen atoms in total. The van der Waals surface area contributed by atoms with E-state index in [0.29, 0.717) is 13.2 Å². The molecule has 0 aliphatic carbocycles. The predicted octanol–water partition coefficient (Wildman–Crippen LogP) is 16.9. The molecule has 111 heavy (non-hydrogen) atoms. The fourth-order valence-corrected chi connectivity index (χ4v) is 14.1. The van der Waals surface area contributed by atoms with Crippen LogP contribution in [0.1, 0.15) is 61.2 Å². The van der Waals surface area contributed by atoms with Crippen LogP contribution in [0.15, 0.2) is 334 Å². The van der Waals surface area contributed by atoms with E-state index in [0.717, 1.165) is 61.2 Å². The number of hydrogen-bond donors (Lipinski definition) is 0. The van der Waals surface area contributed by atoms with Crippen LogP contribution in [0.25, 0.3) is 0 Å². The molecule has 11 aromatic carbocycles. The quantitative estimate of drug-likeness (QED) is 0.0358. The van der Waals surface area contributed by atoms with E-state index in [1.54, 1.807) is 0 Å². The topological polar surface area (TPSA) is 148 Å². The Bertz CT molecular complexity index is 4330. The predicted molar refractivity (Wildman–Crippen MR) is 420 cm³/mol. The first-order chi connectivity index (χ1) is 55.0. The third-order valence-electron chi connectivity index (χ3n) is 19.8. The molecule has 16 heteroatoms. The molecule has 3 aliphatic heterocycles. The van der Waals surface area contributed by atoms with Gasteiger partial charge < -0.3 is 75.8 Å². The maximum Gasteiger partial charge on any atom is 0.187 e. The van der Waals surface area contributed by atoms with Gasteiger partial charge in [0, 0.05) is 0 Å². The molecule has 0 N–H and O–H groups in total. The highest BCUT2D eigenvalue weighted by atomic mass is 16.8. The Kier molecular flexibility index (Phi) is 30.0. The lowest BCUT2D eigenvalue weighted by molar-refractivity contribution is -0.396. The number of ether oxygens (including phenoxy) is 16. The minimum absolute atomic E-state index is 0.0486. The molecule has 3 fully saturated rings. The SMILES string of the molecule is c1ccc(COC[C@H]2O[C@H](O[C@H]3[C@H](OCc4ccccc4)[C@@H](OCc4ccccc4)[C@H](O[C@@H]4[C@@H](OCc5ccccc5)[C@H](OCc5ccccc5)O[C@H](COCc5ccccc5)[C@H]4OCc4ccccc4)O[C@@H]3COCc3ccccc3)[C@H](OCc3ccccc3)[C@@H](OCc3ccccc3)[C@@H]2OCc2ccccc2)cc1. The van der Waals surface area contributed by atoms with Crippen molar-refractivity contribution in [2.45, 2.75) is 165 Å². The Labute approximate surface area is 651 Å². The summed E-state index contributed by atoms with van der Waals surface area (Å²) in [4.78, 5) is 0. The zero-order valence-corrected chi connectivity index (χ0v) is 62.3. The van der Waals surface area contributed by atoms with E-state index in [2.05, 4.69) is 0 Å². The first kappa shape index (κ1) is 78.5. The maximum atomic E-state index is 7.99. The van der Waals surface area contributed by atoms with Crippen LogP contribution in [0, 0.1) is 0 Å². The van der Waals surface area contributed by atoms with Crippen LogP contribution in [0.2, 0.25) is 0 Å². The summed E-state index contributed by atoms with van der Waals surface area (Å²) >= 11 is 0. The van der Waals surface area contributed by atoms with Crippen molar-refractivity contribution >= 4 is 0 Å². The van der Waals surface area contributed by atoms with E-state index in [4.69, 9.17) is 75.8 Å². The molecule has 15 atom stereocenters. The number of hydrogen-bond acceptors (Lipinski definition) is 16. The second-order valence-electron chi connectivity index (χ2n) is 28.0. The van der Waals surface area contributed by atoms with Gasteiger partial charge in [0.05, 0.1) is 92.5 Å². The molecular formula is C95H98O16. The summed E-state index contributed by atoms with van der Waals surface area (Å²) in [5, 5.41) is 0. The van der Waals surface area contributed by atoms with Gasteiger partial charge in [-0.1, -0.05) is 334 Å². The van der Waals surface area contributed by atoms with Crippen LogP contribution in [-0.2, 0) is 148 Å². The molecule has 0 bridgehead atoms. The molecule has 11 aromatic rings. The fourth-order valence-electron chi connectivity index (χ4n) is 14.1. The van der Waals surface area contributed by atoms with Crippen molar-refractivity contribution < 1.29 is 75.8 Å². The standard InChI is InChI=1S/C95H98O16/c1-12-34-70(35-13-1)56-96-67-81-84(99-59-73-40-18-4-19-41-73)87(101-61-75-44-22-6-23-45-75)90(103-63-77-48-26-8-27-49-77)94(108-81)110-86-83(69-98-58-72-38-16-3-17-39-72)109-95(91(104-64-78-50-28-9-29-51-78)88(86)102-62-76-46-24-7-25-47-76)111-89-85(100-60-74-42-20-5-21-43-74)82(68-97-57-71-36-14-2-15-37-71)107-93(106-66-80-54-32-11-33-55-80)92(89)105-65-79-52-30-10-31-53-79/h1-55,81-95H,56-69H2/t81-,82-,83-,84-,85-,86-,87+,88+,89+,90-,91-,92-,93-,94-,95+/m1/s1. The molecule has 0 amide bonds. The molecule has 3 heterocycles. The summed E-state index contributed by atoms with van der Waals surface area (Å²) in [5.74, 6) is 0. The smallest absolute Gasteiger partial charge is 0.187 e. The summed E-state index contributed by atoms with van der Waals surface area (Å²) in [6.45, 7) is 2.16. The van der Waals surface area contributed by atoms with Crippen molar-refractivity contribution in [1.82, 2.24) is 0 Å². The van der Waals surface area contributed by atoms with Crippen molar-refractivity contribution in [3.05, 3.63) is 395 Å². The lowest BCUT2D eigenvalue weighted by atomic mass is 9.94. The van der Waals surface area contributed by atoms with Gasteiger partial charge in [-0.05, 0) is 61.2 Å². The van der Waals surface area contributed by atoms with E-state index in [9.17, 15) is 0 Å². The second-order valence-corrected chi connectivity index (χ2v) is 28.0. The molecule has 574 valence electrons. The highest BCUT2D eigenvalue weighted by molar-refractivity contribution is 5.22. The molecule has 3 aliphatic rings. The van der Waals surface area contributed by atoms with E-state index in [1.165, 1.54) is 0 Å². The summed E-state index contributed by atoms with van der Waals surface area (Å²) < 4.78 is 118. The molecule has 0 unspecified atom stereocenters. The normalized spacial score (nSPS) is 23.9. The maximum absolute atomic E-state index is 7.99. The first-order valence-corrected chi connectivity index (χ1v) is 38.4. The van der Waals surface area contributed by atoms with Gasteiger partial charge in [0.25, 0.3) is 0 Å². The Morgan fingerprint density at radius 1 is 0.162 bits per heavy atom. The molecule has 0 spiro atoms. The van der Waals surface area contributed by atoms with E-state index in [-0.39, 0.29) is 79.3 Å². The Morgan fingerprint density at radius 3 is 0.613 bits per heavy atom. The zero-order chi connectivity index (χ0) is 75.1. The lowest BCUT2D eigenvalue weighted by Gasteiger charge is -2.52. The molecule has 0 aromatic heterocycles. The van der Waals surface area contributed by atoms with Gasteiger partial charge in [-0.3, -0.25) is 0 Å². The van der Waals surface area contributed by atoms with Crippen LogP contribution < -0.4 is 0 Å². The van der Waals surface area contributed by atoms with Crippen molar-refractivity contribution in [3.63, 3.8) is 0 Å². The Morgan fingerprint density at radius 2 is 0.342 bits per heavy atom. The highest BCUT2D eigenvalue weighted by Crippen LogP contribution is 2.40. The third kappa shape index (κ3) is 23.4. The summed E-state index contributed by atoms with van der Waals surface area (Å²) in [5.41, 5.74) is 10.3. The van der Waals surface area contributed by atoms with Crippen LogP contribution >= 0.6 is 0 Å². The third-order valence-corrected chi connectivity index (χ3v) is 19.8. The molecular weight excluding hydrogens is 1400 g/mol. The zero-order valence-electron chi connectivity index (χ0n) is 62.3. The van der Waals surface area contributed by atoms with Crippen molar-refractivity contribution in [3.8, 4) is 0 Å². The monoisotopic (exact) mass is 1490 g/mol. The van der Waals surface area contributed by atoms with Crippen LogP contribution in [0.3, 0.4) is 0 Å². The van der Waals surface area contributed by atoms with Crippen LogP contribution in [0.4, 0.5) is 0 Å². The van der Waals surface area contributed by atoms with Gasteiger partial charge in [-0.25, -0.2) is 0 Å². The van der Waals surface area contributed by atoms with Gasteiger partial charge in [-0.2, -0.15) is 0 Å². The first-order valence-electron chi connectivity index (χ1n) is 38.4. The molecule has 14 rings (SSSR count). The largest absolute Gasteiger partial charge is 0.374 e. The fraction of sp³-hybridized carbons (Fsp3) is 0.305. The lowest BCUT2D eigenvalue weighted by Crippen LogP contribution is -2.68. The van der Waals surface area contributed by atoms with E-state index < -0.39 is 92.1 Å². The summed E-state index contributed by atoms with van der Waals surface area (Å²) in [7, 11) is 0. The van der Waals surface area contributed by atoms with Gasteiger partial charge >= 0.3 is 0 Å². The van der Waals surface area contributed by atoms with Gasteiger partial charge in [0.1, 0.15) is 73.2 Å². The summed E-state index contributed by atoms with van der Waals surface area (Å²) in [6.07, 6.45) is -15.3. The number of rotatable bonds is 40. The Hall–Kier alpha value is -9.22. The molecule has 0 radical (unpaired) electrons. The molecule has 0 saturated carbocycles. The van der Waals surface area contributed by atoms with Crippen molar-refractivity contribution in [2.75, 3.05) is 19.8 Å². The summed E-state index contributed by atoms with van der Waals surface area (Å²) in [6, 6.07) is 110. The number of benzene rings is 11. The Balaban J connectivity index is 0.905. The van der Waals surface area contributed by atoms with Gasteiger partial charge in [0.15, 0.2) is 18.9 Å².